The Kier molecular flexibility index (Phi) is 3.99. The van der Waals surface area contributed by atoms with E-state index in [1.54, 1.807) is 6.07 Å². The summed E-state index contributed by atoms with van der Waals surface area (Å²) >= 11 is 12.1. The van der Waals surface area contributed by atoms with E-state index in [2.05, 4.69) is 20.2 Å². The van der Waals surface area contributed by atoms with Gasteiger partial charge in [-0.05, 0) is 0 Å². The summed E-state index contributed by atoms with van der Waals surface area (Å²) in [4.78, 5) is 0. The van der Waals surface area contributed by atoms with Crippen LogP contribution in [0.1, 0.15) is 18.5 Å². The van der Waals surface area contributed by atoms with Crippen LogP contribution in [0.4, 0.5) is 5.69 Å². The fourth-order valence-corrected chi connectivity index (χ4v) is 3.81. The van der Waals surface area contributed by atoms with E-state index in [1.165, 1.54) is 0 Å². The molecule has 0 aliphatic carbocycles. The third kappa shape index (κ3) is 2.70. The molecule has 0 aliphatic rings. The van der Waals surface area contributed by atoms with Crippen molar-refractivity contribution in [2.75, 3.05) is 5.32 Å². The fraction of sp³-hybridized carbons (Fsp3) is 0.143. The molecule has 1 N–H and O–H groups in total. The van der Waals surface area contributed by atoms with Gasteiger partial charge in [0.15, 0.2) is 0 Å². The SMILES string of the molecule is CC(Nc1cccc2n[se]nc12)c1ccc(Cl)cc1Cl. The molecule has 0 fully saturated rings. The monoisotopic (exact) mass is 371 g/mol. The van der Waals surface area contributed by atoms with Crippen LogP contribution in [0.5, 0.6) is 0 Å². The van der Waals surface area contributed by atoms with Gasteiger partial charge < -0.3 is 0 Å². The Balaban J connectivity index is 1.92. The van der Waals surface area contributed by atoms with Crippen LogP contribution in [0.2, 0.25) is 10.0 Å². The van der Waals surface area contributed by atoms with Gasteiger partial charge in [-0.15, -0.1) is 0 Å². The van der Waals surface area contributed by atoms with Gasteiger partial charge in [-0.25, -0.2) is 0 Å². The second kappa shape index (κ2) is 5.74. The summed E-state index contributed by atoms with van der Waals surface area (Å²) < 4.78 is 8.84. The molecule has 0 radical (unpaired) electrons. The maximum absolute atomic E-state index is 6.24. The number of nitrogens with zero attached hydrogens (tertiary/aromatic N) is 2. The Hall–Kier alpha value is -1.06. The topological polar surface area (TPSA) is 37.8 Å². The van der Waals surface area contributed by atoms with E-state index in [-0.39, 0.29) is 21.0 Å². The van der Waals surface area contributed by atoms with Gasteiger partial charge in [0.1, 0.15) is 0 Å². The van der Waals surface area contributed by atoms with E-state index < -0.39 is 0 Å². The Morgan fingerprint density at radius 2 is 2.00 bits per heavy atom. The van der Waals surface area contributed by atoms with Crippen molar-refractivity contribution in [3.63, 3.8) is 0 Å². The van der Waals surface area contributed by atoms with Crippen LogP contribution in [0.25, 0.3) is 11.0 Å². The molecule has 3 rings (SSSR count). The van der Waals surface area contributed by atoms with Crippen LogP contribution < -0.4 is 5.32 Å². The number of halogens is 2. The number of fused-ring (bicyclic) bond motifs is 1. The van der Waals surface area contributed by atoms with Gasteiger partial charge in [-0.1, -0.05) is 0 Å². The molecule has 1 aromatic heterocycles. The van der Waals surface area contributed by atoms with Crippen molar-refractivity contribution in [3.05, 3.63) is 52.0 Å². The Morgan fingerprint density at radius 3 is 2.80 bits per heavy atom. The minimum absolute atomic E-state index is 0.0265. The second-order valence-corrected chi connectivity index (χ2v) is 6.42. The average Bonchev–Trinajstić information content (AvgIpc) is 2.87. The number of nitrogens with one attached hydrogen (secondary N) is 1. The predicted molar refractivity (Wildman–Crippen MR) is 85.0 cm³/mol. The van der Waals surface area contributed by atoms with E-state index >= 15 is 0 Å². The summed E-state index contributed by atoms with van der Waals surface area (Å²) in [5.74, 6) is 0. The summed E-state index contributed by atoms with van der Waals surface area (Å²) in [7, 11) is 0. The summed E-state index contributed by atoms with van der Waals surface area (Å²) in [5.41, 5.74) is 3.91. The Labute approximate surface area is 133 Å². The molecule has 3 nitrogen and oxygen atoms in total. The van der Waals surface area contributed by atoms with Gasteiger partial charge in [0.05, 0.1) is 0 Å². The first kappa shape index (κ1) is 13.9. The minimum atomic E-state index is -0.0265. The van der Waals surface area contributed by atoms with E-state index in [0.29, 0.717) is 10.0 Å². The van der Waals surface area contributed by atoms with Crippen LogP contribution >= 0.6 is 23.2 Å². The van der Waals surface area contributed by atoms with Crippen LogP contribution in [0, 0.1) is 0 Å². The molecule has 3 aromatic rings. The summed E-state index contributed by atoms with van der Waals surface area (Å²) in [6.45, 7) is 2.06. The maximum atomic E-state index is 6.24. The fourth-order valence-electron chi connectivity index (χ4n) is 2.09. The van der Waals surface area contributed by atoms with Gasteiger partial charge in [0, 0.05) is 0 Å². The van der Waals surface area contributed by atoms with Gasteiger partial charge in [-0.2, -0.15) is 0 Å². The van der Waals surface area contributed by atoms with Crippen LogP contribution in [0.3, 0.4) is 0 Å². The molecule has 0 bridgehead atoms. The summed E-state index contributed by atoms with van der Waals surface area (Å²) in [6.07, 6.45) is 0. The molecule has 0 spiro atoms. The molecule has 0 amide bonds. The Bertz CT molecular complexity index is 757. The zero-order valence-electron chi connectivity index (χ0n) is 10.6. The molecule has 2 aromatic carbocycles. The molecule has 1 atom stereocenters. The van der Waals surface area contributed by atoms with Gasteiger partial charge in [0.25, 0.3) is 0 Å². The molecular weight excluding hydrogens is 360 g/mol. The molecular formula is C14H11Cl2N3Se. The molecule has 1 heterocycles. The number of hydrogen-bond acceptors (Lipinski definition) is 3. The van der Waals surface area contributed by atoms with Crippen molar-refractivity contribution >= 4 is 54.9 Å². The van der Waals surface area contributed by atoms with E-state index in [1.807, 2.05) is 30.3 Å². The normalized spacial score (nSPS) is 12.6. The first-order chi connectivity index (χ1) is 9.65. The zero-order chi connectivity index (χ0) is 14.1. The van der Waals surface area contributed by atoms with Gasteiger partial charge >= 0.3 is 133 Å². The van der Waals surface area contributed by atoms with Crippen molar-refractivity contribution in [2.24, 2.45) is 0 Å². The molecule has 0 saturated heterocycles. The first-order valence-electron chi connectivity index (χ1n) is 6.08. The number of anilines is 1. The van der Waals surface area contributed by atoms with Crippen molar-refractivity contribution in [1.82, 2.24) is 7.96 Å². The second-order valence-electron chi connectivity index (χ2n) is 4.47. The molecule has 102 valence electrons. The average molecular weight is 371 g/mol. The van der Waals surface area contributed by atoms with Crippen LogP contribution in [0.15, 0.2) is 36.4 Å². The Morgan fingerprint density at radius 1 is 1.15 bits per heavy atom. The van der Waals surface area contributed by atoms with Crippen LogP contribution in [-0.2, 0) is 0 Å². The third-order valence-corrected chi connectivity index (χ3v) is 4.79. The number of hydrogen-bond donors (Lipinski definition) is 1. The summed E-state index contributed by atoms with van der Waals surface area (Å²) in [6, 6.07) is 11.6. The molecule has 6 heteroatoms. The number of benzene rings is 2. The van der Waals surface area contributed by atoms with E-state index in [9.17, 15) is 0 Å². The third-order valence-electron chi connectivity index (χ3n) is 3.09. The van der Waals surface area contributed by atoms with Crippen molar-refractivity contribution in [2.45, 2.75) is 13.0 Å². The van der Waals surface area contributed by atoms with Gasteiger partial charge in [-0.3, -0.25) is 0 Å². The van der Waals surface area contributed by atoms with Crippen molar-refractivity contribution < 1.29 is 0 Å². The molecule has 1 unspecified atom stereocenters. The number of rotatable bonds is 3. The molecule has 0 saturated carbocycles. The van der Waals surface area contributed by atoms with Crippen LogP contribution in [-0.4, -0.2) is 22.9 Å². The van der Waals surface area contributed by atoms with Gasteiger partial charge in [0.2, 0.25) is 0 Å². The van der Waals surface area contributed by atoms with E-state index in [0.717, 1.165) is 22.3 Å². The molecule has 20 heavy (non-hydrogen) atoms. The van der Waals surface area contributed by atoms with E-state index in [4.69, 9.17) is 23.2 Å². The first-order valence-corrected chi connectivity index (χ1v) is 8.37. The van der Waals surface area contributed by atoms with Crippen molar-refractivity contribution in [1.29, 1.82) is 0 Å². The summed E-state index contributed by atoms with van der Waals surface area (Å²) in [5, 5.41) is 4.75. The molecule has 0 aliphatic heterocycles. The predicted octanol–water partition coefficient (Wildman–Crippen LogP) is 4.17. The number of aromatic nitrogens is 2. The quantitative estimate of drug-likeness (QED) is 0.703. The zero-order valence-corrected chi connectivity index (χ0v) is 13.8. The standard InChI is InChI=1S/C14H11Cl2N3Se/c1-8(10-6-5-9(15)7-11(10)16)17-12-3-2-4-13-14(12)19-20-18-13/h2-8,17H,1H3. The van der Waals surface area contributed by atoms with Crippen molar-refractivity contribution in [3.8, 4) is 0 Å².